The molecule has 0 saturated carbocycles. The van der Waals surface area contributed by atoms with Crippen LogP contribution in [0.25, 0.3) is 0 Å². The van der Waals surface area contributed by atoms with Crippen LogP contribution in [0.4, 0.5) is 11.6 Å². The summed E-state index contributed by atoms with van der Waals surface area (Å²) < 4.78 is 0. The Morgan fingerprint density at radius 1 is 1.11 bits per heavy atom. The van der Waals surface area contributed by atoms with Gasteiger partial charge >= 0.3 is 0 Å². The topological polar surface area (TPSA) is 49.8 Å². The average Bonchev–Trinajstić information content (AvgIpc) is 2.42. The van der Waals surface area contributed by atoms with E-state index in [2.05, 4.69) is 20.6 Å². The Hall–Kier alpha value is -1.52. The van der Waals surface area contributed by atoms with E-state index >= 15 is 0 Å². The van der Waals surface area contributed by atoms with E-state index in [1.165, 1.54) is 0 Å². The molecule has 0 aliphatic carbocycles. The summed E-state index contributed by atoms with van der Waals surface area (Å²) in [5, 5.41) is 7.23. The van der Waals surface area contributed by atoms with E-state index in [0.717, 1.165) is 12.2 Å². The smallest absolute Gasteiger partial charge is 0.147 e. The van der Waals surface area contributed by atoms with Crippen LogP contribution in [0.3, 0.4) is 0 Å². The quantitative estimate of drug-likeness (QED) is 0.880. The van der Waals surface area contributed by atoms with Gasteiger partial charge in [-0.05, 0) is 25.1 Å². The van der Waals surface area contributed by atoms with Crippen molar-refractivity contribution in [3.05, 3.63) is 46.2 Å². The maximum absolute atomic E-state index is 6.11. The Morgan fingerprint density at radius 2 is 1.84 bits per heavy atom. The highest BCUT2D eigenvalue weighted by Crippen LogP contribution is 2.29. The summed E-state index contributed by atoms with van der Waals surface area (Å²) in [6.45, 7) is 3.28. The third-order valence-corrected chi connectivity index (χ3v) is 3.01. The molecule has 2 aromatic rings. The maximum atomic E-state index is 6.11. The van der Waals surface area contributed by atoms with Gasteiger partial charge in [-0.25, -0.2) is 4.98 Å². The third-order valence-electron chi connectivity index (χ3n) is 2.44. The molecule has 0 aliphatic heterocycles. The van der Waals surface area contributed by atoms with Crippen molar-refractivity contribution >= 4 is 34.8 Å². The monoisotopic (exact) mass is 296 g/mol. The van der Waals surface area contributed by atoms with E-state index in [0.29, 0.717) is 28.2 Å². The molecule has 0 fully saturated rings. The second kappa shape index (κ2) is 6.59. The number of halogens is 2. The van der Waals surface area contributed by atoms with Crippen molar-refractivity contribution < 1.29 is 0 Å². The molecule has 2 N–H and O–H groups in total. The van der Waals surface area contributed by atoms with Gasteiger partial charge in [-0.1, -0.05) is 29.3 Å². The lowest BCUT2D eigenvalue weighted by atomic mass is 10.3. The van der Waals surface area contributed by atoms with Crippen molar-refractivity contribution in [2.45, 2.75) is 13.5 Å². The number of rotatable bonds is 5. The first kappa shape index (κ1) is 13.9. The predicted molar refractivity (Wildman–Crippen MR) is 80.0 cm³/mol. The first-order chi connectivity index (χ1) is 9.20. The van der Waals surface area contributed by atoms with Gasteiger partial charge in [0.1, 0.15) is 11.6 Å². The molecule has 0 amide bonds. The van der Waals surface area contributed by atoms with Gasteiger partial charge in [0.05, 0.1) is 22.3 Å². The minimum absolute atomic E-state index is 0.489. The highest BCUT2D eigenvalue weighted by molar-refractivity contribution is 6.37. The fourth-order valence-corrected chi connectivity index (χ4v) is 2.05. The molecule has 0 saturated heterocycles. The number of pyridine rings is 2. The van der Waals surface area contributed by atoms with Gasteiger partial charge < -0.3 is 10.6 Å². The van der Waals surface area contributed by atoms with Crippen molar-refractivity contribution in [1.82, 2.24) is 9.97 Å². The number of nitrogens with one attached hydrogen (secondary N) is 2. The van der Waals surface area contributed by atoms with Crippen LogP contribution in [-0.2, 0) is 6.54 Å². The maximum Gasteiger partial charge on any atom is 0.147 e. The lowest BCUT2D eigenvalue weighted by Crippen LogP contribution is -2.06. The molecular formula is C13H14Cl2N4. The molecule has 0 spiro atoms. The minimum Gasteiger partial charge on any atom is -0.369 e. The van der Waals surface area contributed by atoms with E-state index in [1.54, 1.807) is 12.3 Å². The first-order valence-corrected chi connectivity index (χ1v) is 6.70. The Kier molecular flexibility index (Phi) is 4.82. The van der Waals surface area contributed by atoms with E-state index in [-0.39, 0.29) is 0 Å². The van der Waals surface area contributed by atoms with Crippen LogP contribution in [0.2, 0.25) is 10.0 Å². The van der Waals surface area contributed by atoms with Gasteiger partial charge in [0, 0.05) is 12.7 Å². The minimum atomic E-state index is 0.489. The SMILES string of the molecule is CCNc1nc(NCc2ccccn2)c(Cl)cc1Cl. The summed E-state index contributed by atoms with van der Waals surface area (Å²) in [7, 11) is 0. The molecule has 0 unspecified atom stereocenters. The summed E-state index contributed by atoms with van der Waals surface area (Å²) in [6.07, 6.45) is 1.75. The lowest BCUT2D eigenvalue weighted by Gasteiger charge is -2.11. The molecule has 2 heterocycles. The Morgan fingerprint density at radius 3 is 2.47 bits per heavy atom. The Bertz CT molecular complexity index is 546. The van der Waals surface area contributed by atoms with Gasteiger partial charge in [-0.2, -0.15) is 0 Å². The number of hydrogen-bond donors (Lipinski definition) is 2. The summed E-state index contributed by atoms with van der Waals surface area (Å²) in [4.78, 5) is 8.59. The second-order valence-electron chi connectivity index (χ2n) is 3.85. The van der Waals surface area contributed by atoms with Crippen molar-refractivity contribution in [2.75, 3.05) is 17.2 Å². The zero-order chi connectivity index (χ0) is 13.7. The van der Waals surface area contributed by atoms with Crippen LogP contribution in [0.15, 0.2) is 30.5 Å². The van der Waals surface area contributed by atoms with Gasteiger partial charge in [-0.15, -0.1) is 0 Å². The van der Waals surface area contributed by atoms with Crippen LogP contribution in [0, 0.1) is 0 Å². The first-order valence-electron chi connectivity index (χ1n) is 5.94. The highest BCUT2D eigenvalue weighted by Gasteiger charge is 2.08. The van der Waals surface area contributed by atoms with Crippen LogP contribution in [0.5, 0.6) is 0 Å². The van der Waals surface area contributed by atoms with Crippen LogP contribution < -0.4 is 10.6 Å². The molecule has 4 nitrogen and oxygen atoms in total. The van der Waals surface area contributed by atoms with Crippen molar-refractivity contribution in [1.29, 1.82) is 0 Å². The van der Waals surface area contributed by atoms with Crippen LogP contribution in [-0.4, -0.2) is 16.5 Å². The van der Waals surface area contributed by atoms with Crippen LogP contribution >= 0.6 is 23.2 Å². The molecule has 0 bridgehead atoms. The van der Waals surface area contributed by atoms with Gasteiger partial charge in [-0.3, -0.25) is 4.98 Å². The lowest BCUT2D eigenvalue weighted by molar-refractivity contribution is 1.03. The molecule has 0 aromatic carbocycles. The summed E-state index contributed by atoms with van der Waals surface area (Å²) >= 11 is 12.2. The Balaban J connectivity index is 2.13. The molecule has 0 atom stereocenters. The normalized spacial score (nSPS) is 10.3. The zero-order valence-electron chi connectivity index (χ0n) is 10.5. The van der Waals surface area contributed by atoms with E-state index in [4.69, 9.17) is 23.2 Å². The van der Waals surface area contributed by atoms with Gasteiger partial charge in [0.15, 0.2) is 0 Å². The van der Waals surface area contributed by atoms with Crippen LogP contribution in [0.1, 0.15) is 12.6 Å². The largest absolute Gasteiger partial charge is 0.369 e. The van der Waals surface area contributed by atoms with E-state index in [1.807, 2.05) is 25.1 Å². The highest BCUT2D eigenvalue weighted by atomic mass is 35.5. The third kappa shape index (κ3) is 3.72. The fraction of sp³-hybridized carbons (Fsp3) is 0.231. The van der Waals surface area contributed by atoms with E-state index in [9.17, 15) is 0 Å². The predicted octanol–water partition coefficient (Wildman–Crippen LogP) is 3.83. The van der Waals surface area contributed by atoms with Crippen molar-refractivity contribution in [3.8, 4) is 0 Å². The number of aromatic nitrogens is 2. The molecule has 2 aromatic heterocycles. The molecule has 6 heteroatoms. The van der Waals surface area contributed by atoms with E-state index < -0.39 is 0 Å². The molecule has 0 aliphatic rings. The van der Waals surface area contributed by atoms with Gasteiger partial charge in [0.25, 0.3) is 0 Å². The Labute approximate surface area is 122 Å². The van der Waals surface area contributed by atoms with Crippen molar-refractivity contribution in [3.63, 3.8) is 0 Å². The van der Waals surface area contributed by atoms with Gasteiger partial charge in [0.2, 0.25) is 0 Å². The number of nitrogens with zero attached hydrogens (tertiary/aromatic N) is 2. The number of anilines is 2. The molecule has 100 valence electrons. The molecule has 0 radical (unpaired) electrons. The van der Waals surface area contributed by atoms with Crippen molar-refractivity contribution in [2.24, 2.45) is 0 Å². The zero-order valence-corrected chi connectivity index (χ0v) is 12.0. The molecule has 2 rings (SSSR count). The summed E-state index contributed by atoms with van der Waals surface area (Å²) in [5.74, 6) is 1.21. The summed E-state index contributed by atoms with van der Waals surface area (Å²) in [5.41, 5.74) is 0.917. The average molecular weight is 297 g/mol. The molecular weight excluding hydrogens is 283 g/mol. The fourth-order valence-electron chi connectivity index (χ4n) is 1.56. The standard InChI is InChI=1S/C13H14Cl2N4/c1-2-16-12-10(14)7-11(15)13(19-12)18-8-9-5-3-4-6-17-9/h3-7H,2,8H2,1H3,(H2,16,18,19). The molecule has 19 heavy (non-hydrogen) atoms. The number of hydrogen-bond acceptors (Lipinski definition) is 4. The summed E-state index contributed by atoms with van der Waals surface area (Å²) in [6, 6.07) is 7.42. The second-order valence-corrected chi connectivity index (χ2v) is 4.67.